The fourth-order valence-electron chi connectivity index (χ4n) is 3.41. The van der Waals surface area contributed by atoms with Crippen LogP contribution in [-0.4, -0.2) is 15.7 Å². The summed E-state index contributed by atoms with van der Waals surface area (Å²) in [5, 5.41) is 5.52. The molecule has 25 heavy (non-hydrogen) atoms. The van der Waals surface area contributed by atoms with Gasteiger partial charge in [0.15, 0.2) is 5.69 Å². The monoisotopic (exact) mass is 371 g/mol. The van der Waals surface area contributed by atoms with Crippen molar-refractivity contribution >= 4 is 29.1 Å². The van der Waals surface area contributed by atoms with Crippen molar-refractivity contribution in [2.75, 3.05) is 0 Å². The smallest absolute Gasteiger partial charge is 0.269 e. The van der Waals surface area contributed by atoms with Crippen molar-refractivity contribution in [1.82, 2.24) is 9.78 Å². The zero-order valence-electron chi connectivity index (χ0n) is 13.3. The molecule has 0 fully saturated rings. The molecule has 1 aromatic heterocycles. The van der Waals surface area contributed by atoms with E-state index in [2.05, 4.69) is 11.2 Å². The lowest BCUT2D eigenvalue weighted by Crippen LogP contribution is -2.14. The largest absolute Gasteiger partial charge is 0.364 e. The van der Waals surface area contributed by atoms with Crippen molar-refractivity contribution in [3.05, 3.63) is 69.3 Å². The van der Waals surface area contributed by atoms with Crippen molar-refractivity contribution in [2.45, 2.75) is 19.3 Å². The summed E-state index contributed by atoms with van der Waals surface area (Å²) in [4.78, 5) is 12.0. The van der Waals surface area contributed by atoms with Crippen molar-refractivity contribution in [2.24, 2.45) is 5.73 Å². The normalized spacial score (nSPS) is 13.0. The van der Waals surface area contributed by atoms with Gasteiger partial charge in [0.25, 0.3) is 5.91 Å². The molecule has 6 heteroatoms. The second-order valence-corrected chi connectivity index (χ2v) is 6.90. The van der Waals surface area contributed by atoms with Gasteiger partial charge in [0, 0.05) is 16.1 Å². The molecule has 4 nitrogen and oxygen atoms in total. The van der Waals surface area contributed by atoms with E-state index in [1.165, 1.54) is 5.56 Å². The number of hydrogen-bond acceptors (Lipinski definition) is 2. The van der Waals surface area contributed by atoms with Crippen LogP contribution in [0.5, 0.6) is 0 Å². The lowest BCUT2D eigenvalue weighted by atomic mass is 10.0. The number of carbonyl (C=O) groups excluding carboxylic acids is 1. The molecule has 4 rings (SSSR count). The topological polar surface area (TPSA) is 60.9 Å². The summed E-state index contributed by atoms with van der Waals surface area (Å²) < 4.78 is 1.72. The number of fused-ring (bicyclic) bond motifs is 3. The van der Waals surface area contributed by atoms with E-state index in [9.17, 15) is 4.79 Å². The third kappa shape index (κ3) is 2.71. The van der Waals surface area contributed by atoms with Gasteiger partial charge in [-0.3, -0.25) is 4.79 Å². The average molecular weight is 372 g/mol. The SMILES string of the molecule is NC(=O)c1nn(-c2ccc(Cl)cc2Cl)c2c1CCCc1ccccc1-2. The Hall–Kier alpha value is -2.30. The maximum atomic E-state index is 12.0. The molecule has 0 saturated carbocycles. The molecule has 126 valence electrons. The fourth-order valence-corrected chi connectivity index (χ4v) is 3.90. The van der Waals surface area contributed by atoms with Crippen molar-refractivity contribution in [3.63, 3.8) is 0 Å². The highest BCUT2D eigenvalue weighted by molar-refractivity contribution is 6.35. The molecule has 2 aromatic carbocycles. The zero-order valence-corrected chi connectivity index (χ0v) is 14.8. The van der Waals surface area contributed by atoms with E-state index >= 15 is 0 Å². The van der Waals surface area contributed by atoms with Crippen LogP contribution in [-0.2, 0) is 12.8 Å². The summed E-state index contributed by atoms with van der Waals surface area (Å²) in [7, 11) is 0. The number of nitrogens with zero attached hydrogens (tertiary/aromatic N) is 2. The predicted octanol–water partition coefficient (Wildman–Crippen LogP) is 4.43. The Morgan fingerprint density at radius 3 is 2.68 bits per heavy atom. The standard InChI is InChI=1S/C19H15Cl2N3O/c20-12-8-9-16(15(21)10-12)24-18-13-6-2-1-4-11(13)5-3-7-14(18)17(23-24)19(22)25/h1-2,4,6,8-10H,3,5,7H2,(H2,22,25). The van der Waals surface area contributed by atoms with Gasteiger partial charge in [-0.15, -0.1) is 0 Å². The lowest BCUT2D eigenvalue weighted by molar-refractivity contribution is 0.0994. The summed E-state index contributed by atoms with van der Waals surface area (Å²) >= 11 is 12.4. The van der Waals surface area contributed by atoms with Gasteiger partial charge in [0.1, 0.15) is 0 Å². The molecular weight excluding hydrogens is 357 g/mol. The van der Waals surface area contributed by atoms with E-state index in [-0.39, 0.29) is 0 Å². The Labute approximate surface area is 155 Å². The van der Waals surface area contributed by atoms with E-state index in [1.807, 2.05) is 18.2 Å². The number of halogens is 2. The highest BCUT2D eigenvalue weighted by Crippen LogP contribution is 2.37. The number of benzene rings is 2. The van der Waals surface area contributed by atoms with E-state index in [4.69, 9.17) is 28.9 Å². The minimum absolute atomic E-state index is 0.303. The molecule has 0 bridgehead atoms. The van der Waals surface area contributed by atoms with Gasteiger partial charge in [0.05, 0.1) is 16.4 Å². The second kappa shape index (κ2) is 6.21. The van der Waals surface area contributed by atoms with Crippen LogP contribution in [0.25, 0.3) is 16.9 Å². The molecular formula is C19H15Cl2N3O. The molecule has 3 aromatic rings. The number of primary amides is 1. The number of rotatable bonds is 2. The van der Waals surface area contributed by atoms with E-state index in [0.29, 0.717) is 21.4 Å². The first-order chi connectivity index (χ1) is 12.1. The van der Waals surface area contributed by atoms with Crippen LogP contribution in [0.3, 0.4) is 0 Å². The maximum absolute atomic E-state index is 12.0. The predicted molar refractivity (Wildman–Crippen MR) is 99.6 cm³/mol. The number of nitrogens with two attached hydrogens (primary N) is 1. The third-order valence-corrected chi connectivity index (χ3v) is 5.04. The van der Waals surface area contributed by atoms with Crippen LogP contribution in [0.2, 0.25) is 10.0 Å². The summed E-state index contributed by atoms with van der Waals surface area (Å²) in [6, 6.07) is 13.4. The molecule has 0 spiro atoms. The minimum Gasteiger partial charge on any atom is -0.364 e. The number of aromatic nitrogens is 2. The van der Waals surface area contributed by atoms with Gasteiger partial charge in [-0.05, 0) is 43.0 Å². The summed E-state index contributed by atoms with van der Waals surface area (Å²) in [5.41, 5.74) is 10.6. The number of aryl methyl sites for hydroxylation is 1. The van der Waals surface area contributed by atoms with Gasteiger partial charge >= 0.3 is 0 Å². The van der Waals surface area contributed by atoms with Crippen molar-refractivity contribution in [1.29, 1.82) is 0 Å². The van der Waals surface area contributed by atoms with Crippen LogP contribution in [0, 0.1) is 0 Å². The van der Waals surface area contributed by atoms with E-state index in [1.54, 1.807) is 22.9 Å². The third-order valence-electron chi connectivity index (χ3n) is 4.50. The van der Waals surface area contributed by atoms with Crippen LogP contribution >= 0.6 is 23.2 Å². The van der Waals surface area contributed by atoms with E-state index < -0.39 is 5.91 Å². The molecule has 0 radical (unpaired) electrons. The summed E-state index contributed by atoms with van der Waals surface area (Å²) in [6.07, 6.45) is 2.62. The minimum atomic E-state index is -0.528. The highest BCUT2D eigenvalue weighted by Gasteiger charge is 2.27. The van der Waals surface area contributed by atoms with Crippen LogP contribution < -0.4 is 5.73 Å². The number of hydrogen-bond donors (Lipinski definition) is 1. The van der Waals surface area contributed by atoms with E-state index in [0.717, 1.165) is 36.1 Å². The molecule has 1 amide bonds. The molecule has 0 atom stereocenters. The molecule has 0 unspecified atom stereocenters. The Morgan fingerprint density at radius 2 is 1.92 bits per heavy atom. The second-order valence-electron chi connectivity index (χ2n) is 6.06. The maximum Gasteiger partial charge on any atom is 0.269 e. The van der Waals surface area contributed by atoms with Crippen LogP contribution in [0.1, 0.15) is 28.0 Å². The fraction of sp³-hybridized carbons (Fsp3) is 0.158. The Kier molecular flexibility index (Phi) is 4.02. The van der Waals surface area contributed by atoms with Gasteiger partial charge in [0.2, 0.25) is 0 Å². The first-order valence-corrected chi connectivity index (χ1v) is 8.77. The van der Waals surface area contributed by atoms with Gasteiger partial charge < -0.3 is 5.73 Å². The van der Waals surface area contributed by atoms with Crippen LogP contribution in [0.15, 0.2) is 42.5 Å². The summed E-state index contributed by atoms with van der Waals surface area (Å²) in [6.45, 7) is 0. The quantitative estimate of drug-likeness (QED) is 0.723. The molecule has 0 aliphatic heterocycles. The number of amides is 1. The van der Waals surface area contributed by atoms with Crippen LogP contribution in [0.4, 0.5) is 0 Å². The Morgan fingerprint density at radius 1 is 1.12 bits per heavy atom. The first-order valence-electron chi connectivity index (χ1n) is 8.01. The Balaban J connectivity index is 2.06. The van der Waals surface area contributed by atoms with Gasteiger partial charge in [-0.25, -0.2) is 4.68 Å². The highest BCUT2D eigenvalue weighted by atomic mass is 35.5. The first kappa shape index (κ1) is 16.2. The van der Waals surface area contributed by atoms with Gasteiger partial charge in [-0.1, -0.05) is 47.5 Å². The Bertz CT molecular complexity index is 994. The summed E-state index contributed by atoms with van der Waals surface area (Å²) in [5.74, 6) is -0.528. The van der Waals surface area contributed by atoms with Gasteiger partial charge in [-0.2, -0.15) is 5.10 Å². The van der Waals surface area contributed by atoms with Crippen molar-refractivity contribution in [3.8, 4) is 16.9 Å². The molecule has 0 saturated heterocycles. The molecule has 2 N–H and O–H groups in total. The number of carbonyl (C=O) groups is 1. The lowest BCUT2D eigenvalue weighted by Gasteiger charge is -2.12. The average Bonchev–Trinajstić information content (AvgIpc) is 2.84. The molecule has 1 aliphatic rings. The van der Waals surface area contributed by atoms with Crippen molar-refractivity contribution < 1.29 is 4.79 Å². The zero-order chi connectivity index (χ0) is 17.6. The molecule has 1 aliphatic carbocycles. The molecule has 1 heterocycles.